The number of nitrogens with one attached hydrogen (secondary N) is 1. The van der Waals surface area contributed by atoms with E-state index in [4.69, 9.17) is 0 Å². The van der Waals surface area contributed by atoms with Crippen molar-refractivity contribution in [1.82, 2.24) is 15.3 Å². The number of hydrogen-bond acceptors (Lipinski definition) is 4. The van der Waals surface area contributed by atoms with E-state index in [0.29, 0.717) is 0 Å². The number of hydrogen-bond donors (Lipinski definition) is 1. The summed E-state index contributed by atoms with van der Waals surface area (Å²) in [7, 11) is 0. The molecule has 104 valence electrons. The van der Waals surface area contributed by atoms with Crippen LogP contribution in [0.1, 0.15) is 38.7 Å². The predicted octanol–water partition coefficient (Wildman–Crippen LogP) is 2.44. The molecular weight excluding hydrogens is 270 g/mol. The third kappa shape index (κ3) is 2.58. The van der Waals surface area contributed by atoms with E-state index in [1.165, 1.54) is 11.3 Å². The SMILES string of the molecule is Cc1ncc2c(n1)CCC(NC(=O)c1sccc1C)C2. The maximum absolute atomic E-state index is 12.2. The Labute approximate surface area is 122 Å². The lowest BCUT2D eigenvalue weighted by atomic mass is 9.92. The summed E-state index contributed by atoms with van der Waals surface area (Å²) in [4.78, 5) is 21.8. The zero-order chi connectivity index (χ0) is 14.1. The van der Waals surface area contributed by atoms with Crippen LogP contribution in [0.5, 0.6) is 0 Å². The molecule has 2 aromatic rings. The van der Waals surface area contributed by atoms with E-state index in [0.717, 1.165) is 46.8 Å². The van der Waals surface area contributed by atoms with Gasteiger partial charge in [-0.1, -0.05) is 0 Å². The first kappa shape index (κ1) is 13.2. The molecule has 4 nitrogen and oxygen atoms in total. The Morgan fingerprint density at radius 3 is 3.05 bits per heavy atom. The molecule has 0 saturated carbocycles. The van der Waals surface area contributed by atoms with E-state index in [2.05, 4.69) is 15.3 Å². The Kier molecular flexibility index (Phi) is 3.53. The lowest BCUT2D eigenvalue weighted by Crippen LogP contribution is -2.39. The van der Waals surface area contributed by atoms with Gasteiger partial charge in [-0.2, -0.15) is 0 Å². The van der Waals surface area contributed by atoms with Crippen molar-refractivity contribution in [3.8, 4) is 0 Å². The van der Waals surface area contributed by atoms with Gasteiger partial charge in [0.05, 0.1) is 4.88 Å². The van der Waals surface area contributed by atoms with Crippen LogP contribution in [0.3, 0.4) is 0 Å². The van der Waals surface area contributed by atoms with Gasteiger partial charge in [0, 0.05) is 17.9 Å². The zero-order valence-corrected chi connectivity index (χ0v) is 12.5. The first-order valence-corrected chi connectivity index (χ1v) is 7.68. The summed E-state index contributed by atoms with van der Waals surface area (Å²) in [5, 5.41) is 5.09. The standard InChI is InChI=1S/C15H17N3OS/c1-9-5-6-20-14(9)15(19)18-12-3-4-13-11(7-12)8-16-10(2)17-13/h5-6,8,12H,3-4,7H2,1-2H3,(H,18,19). The van der Waals surface area contributed by atoms with Crippen molar-refractivity contribution in [2.24, 2.45) is 0 Å². The number of carbonyl (C=O) groups excluding carboxylic acids is 1. The number of thiophene rings is 1. The van der Waals surface area contributed by atoms with Gasteiger partial charge in [-0.3, -0.25) is 4.79 Å². The fraction of sp³-hybridized carbons (Fsp3) is 0.400. The summed E-state index contributed by atoms with van der Waals surface area (Å²) in [6, 6.07) is 2.16. The van der Waals surface area contributed by atoms with Crippen LogP contribution in [0, 0.1) is 13.8 Å². The Balaban J connectivity index is 1.70. The van der Waals surface area contributed by atoms with Crippen molar-refractivity contribution in [1.29, 1.82) is 0 Å². The second-order valence-corrected chi connectivity index (χ2v) is 6.15. The topological polar surface area (TPSA) is 54.9 Å². The van der Waals surface area contributed by atoms with E-state index in [9.17, 15) is 4.79 Å². The molecule has 2 heterocycles. The molecule has 2 aromatic heterocycles. The van der Waals surface area contributed by atoms with Gasteiger partial charge < -0.3 is 5.32 Å². The molecule has 0 bridgehead atoms. The Hall–Kier alpha value is -1.75. The normalized spacial score (nSPS) is 17.6. The van der Waals surface area contributed by atoms with Gasteiger partial charge in [-0.25, -0.2) is 9.97 Å². The van der Waals surface area contributed by atoms with Crippen molar-refractivity contribution >= 4 is 17.2 Å². The Morgan fingerprint density at radius 1 is 1.45 bits per heavy atom. The van der Waals surface area contributed by atoms with Crippen LogP contribution in [-0.2, 0) is 12.8 Å². The maximum Gasteiger partial charge on any atom is 0.261 e. The van der Waals surface area contributed by atoms with Crippen LogP contribution in [0.15, 0.2) is 17.6 Å². The molecule has 0 spiro atoms. The highest BCUT2D eigenvalue weighted by molar-refractivity contribution is 7.12. The van der Waals surface area contributed by atoms with Crippen molar-refractivity contribution in [2.75, 3.05) is 0 Å². The molecular formula is C15H17N3OS. The molecule has 20 heavy (non-hydrogen) atoms. The third-order valence-corrected chi connectivity index (χ3v) is 4.69. The van der Waals surface area contributed by atoms with E-state index in [1.807, 2.05) is 31.5 Å². The van der Waals surface area contributed by atoms with E-state index < -0.39 is 0 Å². The van der Waals surface area contributed by atoms with Crippen LogP contribution in [-0.4, -0.2) is 21.9 Å². The zero-order valence-electron chi connectivity index (χ0n) is 11.6. The van der Waals surface area contributed by atoms with Crippen molar-refractivity contribution in [3.63, 3.8) is 0 Å². The molecule has 3 rings (SSSR count). The number of aromatic nitrogens is 2. The average Bonchev–Trinajstić information content (AvgIpc) is 2.85. The minimum absolute atomic E-state index is 0.0407. The van der Waals surface area contributed by atoms with Crippen LogP contribution >= 0.6 is 11.3 Å². The smallest absolute Gasteiger partial charge is 0.261 e. The van der Waals surface area contributed by atoms with Crippen LogP contribution in [0.2, 0.25) is 0 Å². The van der Waals surface area contributed by atoms with Gasteiger partial charge in [0.2, 0.25) is 0 Å². The van der Waals surface area contributed by atoms with Gasteiger partial charge >= 0.3 is 0 Å². The molecule has 0 saturated heterocycles. The molecule has 0 aromatic carbocycles. The number of aryl methyl sites for hydroxylation is 3. The molecule has 1 amide bonds. The van der Waals surface area contributed by atoms with Gasteiger partial charge in [0.1, 0.15) is 5.82 Å². The summed E-state index contributed by atoms with van der Waals surface area (Å²) in [6.07, 6.45) is 4.57. The Bertz CT molecular complexity index is 650. The Morgan fingerprint density at radius 2 is 2.30 bits per heavy atom. The molecule has 1 atom stereocenters. The quantitative estimate of drug-likeness (QED) is 0.923. The molecule has 0 radical (unpaired) electrons. The minimum Gasteiger partial charge on any atom is -0.348 e. The van der Waals surface area contributed by atoms with Crippen LogP contribution in [0.25, 0.3) is 0 Å². The first-order valence-electron chi connectivity index (χ1n) is 6.80. The molecule has 1 N–H and O–H groups in total. The maximum atomic E-state index is 12.2. The lowest BCUT2D eigenvalue weighted by Gasteiger charge is -2.24. The number of rotatable bonds is 2. The summed E-state index contributed by atoms with van der Waals surface area (Å²) < 4.78 is 0. The first-order chi connectivity index (χ1) is 9.63. The van der Waals surface area contributed by atoms with E-state index in [-0.39, 0.29) is 11.9 Å². The predicted molar refractivity (Wildman–Crippen MR) is 79.1 cm³/mol. The summed E-state index contributed by atoms with van der Waals surface area (Å²) >= 11 is 1.50. The minimum atomic E-state index is 0.0407. The van der Waals surface area contributed by atoms with Gasteiger partial charge in [-0.05, 0) is 55.7 Å². The number of nitrogens with zero attached hydrogens (tertiary/aromatic N) is 2. The molecule has 1 aliphatic carbocycles. The van der Waals surface area contributed by atoms with Crippen molar-refractivity contribution in [3.05, 3.63) is 45.2 Å². The van der Waals surface area contributed by atoms with Gasteiger partial charge in [-0.15, -0.1) is 11.3 Å². The van der Waals surface area contributed by atoms with Gasteiger partial charge in [0.25, 0.3) is 5.91 Å². The van der Waals surface area contributed by atoms with E-state index >= 15 is 0 Å². The highest BCUT2D eigenvalue weighted by Gasteiger charge is 2.22. The van der Waals surface area contributed by atoms with Crippen molar-refractivity contribution < 1.29 is 4.79 Å². The van der Waals surface area contributed by atoms with Gasteiger partial charge in [0.15, 0.2) is 0 Å². The largest absolute Gasteiger partial charge is 0.348 e. The highest BCUT2D eigenvalue weighted by Crippen LogP contribution is 2.21. The monoisotopic (exact) mass is 287 g/mol. The fourth-order valence-electron chi connectivity index (χ4n) is 2.59. The van der Waals surface area contributed by atoms with E-state index in [1.54, 1.807) is 0 Å². The lowest BCUT2D eigenvalue weighted by molar-refractivity contribution is 0.0937. The summed E-state index contributed by atoms with van der Waals surface area (Å²) in [5.41, 5.74) is 3.34. The fourth-order valence-corrected chi connectivity index (χ4v) is 3.41. The number of carbonyl (C=O) groups is 1. The molecule has 1 aliphatic rings. The van der Waals surface area contributed by atoms with Crippen LogP contribution < -0.4 is 5.32 Å². The van der Waals surface area contributed by atoms with Crippen LogP contribution in [0.4, 0.5) is 0 Å². The average molecular weight is 287 g/mol. The third-order valence-electron chi connectivity index (χ3n) is 3.67. The second-order valence-electron chi connectivity index (χ2n) is 5.24. The summed E-state index contributed by atoms with van der Waals surface area (Å²) in [6.45, 7) is 3.88. The molecule has 0 aliphatic heterocycles. The van der Waals surface area contributed by atoms with Crippen molar-refractivity contribution in [2.45, 2.75) is 39.2 Å². The highest BCUT2D eigenvalue weighted by atomic mass is 32.1. The molecule has 5 heteroatoms. The second kappa shape index (κ2) is 5.32. The molecule has 1 unspecified atom stereocenters. The number of amides is 1. The number of fused-ring (bicyclic) bond motifs is 1. The molecule has 0 fully saturated rings. The summed E-state index contributed by atoms with van der Waals surface area (Å²) in [5.74, 6) is 0.861.